The molecule has 0 fully saturated rings. The smallest absolute Gasteiger partial charge is 0.0645 e. The molecule has 0 unspecified atom stereocenters. The first-order chi connectivity index (χ1) is 7.24. The second-order valence-electron chi connectivity index (χ2n) is 3.83. The van der Waals surface area contributed by atoms with E-state index < -0.39 is 0 Å². The molecule has 0 N–H and O–H groups in total. The summed E-state index contributed by atoms with van der Waals surface area (Å²) in [6, 6.07) is 10.5. The van der Waals surface area contributed by atoms with Gasteiger partial charge in [0.25, 0.3) is 0 Å². The van der Waals surface area contributed by atoms with Gasteiger partial charge >= 0.3 is 0 Å². The Labute approximate surface area is 92.9 Å². The monoisotopic (exact) mass is 207 g/mol. The van der Waals surface area contributed by atoms with Gasteiger partial charge in [-0.15, -0.1) is 0 Å². The molecule has 84 valence electrons. The zero-order valence-corrected chi connectivity index (χ0v) is 9.94. The van der Waals surface area contributed by atoms with Gasteiger partial charge < -0.3 is 9.64 Å². The van der Waals surface area contributed by atoms with Crippen LogP contribution in [0.15, 0.2) is 30.3 Å². The quantitative estimate of drug-likeness (QED) is 0.711. The zero-order valence-electron chi connectivity index (χ0n) is 9.94. The van der Waals surface area contributed by atoms with Crippen LogP contribution >= 0.6 is 0 Å². The van der Waals surface area contributed by atoms with Crippen LogP contribution in [-0.2, 0) is 4.74 Å². The summed E-state index contributed by atoms with van der Waals surface area (Å²) in [7, 11) is 0. The normalized spacial score (nSPS) is 10.7. The number of anilines is 1. The Morgan fingerprint density at radius 2 is 1.87 bits per heavy atom. The second kappa shape index (κ2) is 6.46. The van der Waals surface area contributed by atoms with E-state index in [0.29, 0.717) is 6.10 Å². The molecule has 0 radical (unpaired) electrons. The highest BCUT2D eigenvalue weighted by Crippen LogP contribution is 2.12. The van der Waals surface area contributed by atoms with E-state index in [1.807, 2.05) is 6.07 Å². The number of hydrogen-bond acceptors (Lipinski definition) is 2. The topological polar surface area (TPSA) is 12.5 Å². The molecule has 2 heteroatoms. The minimum atomic E-state index is 0.319. The summed E-state index contributed by atoms with van der Waals surface area (Å²) in [5, 5.41) is 0. The minimum absolute atomic E-state index is 0.319. The van der Waals surface area contributed by atoms with Gasteiger partial charge in [0.05, 0.1) is 12.7 Å². The van der Waals surface area contributed by atoms with Gasteiger partial charge in [0.2, 0.25) is 0 Å². The molecule has 0 aliphatic heterocycles. The van der Waals surface area contributed by atoms with Crippen molar-refractivity contribution in [3.05, 3.63) is 30.3 Å². The van der Waals surface area contributed by atoms with Crippen LogP contribution in [-0.4, -0.2) is 25.8 Å². The van der Waals surface area contributed by atoms with E-state index in [9.17, 15) is 0 Å². The van der Waals surface area contributed by atoms with Crippen molar-refractivity contribution in [2.45, 2.75) is 26.9 Å². The SMILES string of the molecule is CCN(CCOC(C)C)c1ccccc1. The first kappa shape index (κ1) is 12.1. The predicted molar refractivity (Wildman–Crippen MR) is 65.4 cm³/mol. The fourth-order valence-corrected chi connectivity index (χ4v) is 1.51. The summed E-state index contributed by atoms with van der Waals surface area (Å²) in [5.41, 5.74) is 1.27. The van der Waals surface area contributed by atoms with E-state index in [4.69, 9.17) is 4.74 Å². The Kier molecular flexibility index (Phi) is 5.19. The number of benzene rings is 1. The third kappa shape index (κ3) is 4.34. The summed E-state index contributed by atoms with van der Waals surface area (Å²) in [4.78, 5) is 2.32. The highest BCUT2D eigenvalue weighted by atomic mass is 16.5. The van der Waals surface area contributed by atoms with Gasteiger partial charge in [-0.25, -0.2) is 0 Å². The van der Waals surface area contributed by atoms with Gasteiger partial charge in [-0.05, 0) is 32.9 Å². The average Bonchev–Trinajstić information content (AvgIpc) is 2.25. The van der Waals surface area contributed by atoms with Crippen molar-refractivity contribution in [2.24, 2.45) is 0 Å². The van der Waals surface area contributed by atoms with Crippen molar-refractivity contribution in [3.8, 4) is 0 Å². The van der Waals surface area contributed by atoms with Crippen molar-refractivity contribution in [3.63, 3.8) is 0 Å². The summed E-state index contributed by atoms with van der Waals surface area (Å²) in [6.45, 7) is 9.07. The summed E-state index contributed by atoms with van der Waals surface area (Å²) in [6.07, 6.45) is 0.319. The molecular formula is C13H21NO. The summed E-state index contributed by atoms with van der Waals surface area (Å²) in [5.74, 6) is 0. The molecule has 0 amide bonds. The Morgan fingerprint density at radius 3 is 2.40 bits per heavy atom. The lowest BCUT2D eigenvalue weighted by atomic mass is 10.3. The van der Waals surface area contributed by atoms with Crippen molar-refractivity contribution < 1.29 is 4.74 Å². The van der Waals surface area contributed by atoms with Crippen LogP contribution in [0.25, 0.3) is 0 Å². The first-order valence-corrected chi connectivity index (χ1v) is 5.65. The van der Waals surface area contributed by atoms with Crippen molar-refractivity contribution in [1.29, 1.82) is 0 Å². The molecule has 15 heavy (non-hydrogen) atoms. The lowest BCUT2D eigenvalue weighted by molar-refractivity contribution is 0.0842. The maximum atomic E-state index is 5.55. The molecule has 0 bridgehead atoms. The number of likely N-dealkylation sites (N-methyl/N-ethyl adjacent to an activating group) is 1. The van der Waals surface area contributed by atoms with Crippen molar-refractivity contribution >= 4 is 5.69 Å². The van der Waals surface area contributed by atoms with Gasteiger partial charge in [0.1, 0.15) is 0 Å². The van der Waals surface area contributed by atoms with E-state index >= 15 is 0 Å². The molecule has 1 rings (SSSR count). The summed E-state index contributed by atoms with van der Waals surface area (Å²) >= 11 is 0. The molecule has 1 aromatic carbocycles. The van der Waals surface area contributed by atoms with Gasteiger partial charge in [-0.3, -0.25) is 0 Å². The van der Waals surface area contributed by atoms with Crippen LogP contribution in [0.3, 0.4) is 0 Å². The molecule has 0 aromatic heterocycles. The largest absolute Gasteiger partial charge is 0.377 e. The van der Waals surface area contributed by atoms with Crippen LogP contribution in [0, 0.1) is 0 Å². The maximum absolute atomic E-state index is 5.55. The molecule has 0 aliphatic carbocycles. The van der Waals surface area contributed by atoms with E-state index in [0.717, 1.165) is 19.7 Å². The Morgan fingerprint density at radius 1 is 1.20 bits per heavy atom. The van der Waals surface area contributed by atoms with Crippen LogP contribution < -0.4 is 4.90 Å². The number of hydrogen-bond donors (Lipinski definition) is 0. The standard InChI is InChI=1S/C13H21NO/c1-4-14(10-11-15-12(2)3)13-8-6-5-7-9-13/h5-9,12H,4,10-11H2,1-3H3. The Balaban J connectivity index is 2.43. The maximum Gasteiger partial charge on any atom is 0.0645 e. The van der Waals surface area contributed by atoms with Crippen LogP contribution in [0.4, 0.5) is 5.69 Å². The van der Waals surface area contributed by atoms with Crippen molar-refractivity contribution in [2.75, 3.05) is 24.6 Å². The Hall–Kier alpha value is -1.02. The molecule has 0 spiro atoms. The zero-order chi connectivity index (χ0) is 11.1. The van der Waals surface area contributed by atoms with E-state index in [2.05, 4.69) is 49.9 Å². The number of ether oxygens (including phenoxy) is 1. The number of para-hydroxylation sites is 1. The minimum Gasteiger partial charge on any atom is -0.377 e. The highest BCUT2D eigenvalue weighted by Gasteiger charge is 2.03. The van der Waals surface area contributed by atoms with Gasteiger partial charge in [-0.1, -0.05) is 18.2 Å². The molecule has 0 saturated heterocycles. The molecule has 0 aliphatic rings. The lowest BCUT2D eigenvalue weighted by Gasteiger charge is -2.23. The fourth-order valence-electron chi connectivity index (χ4n) is 1.51. The average molecular weight is 207 g/mol. The van der Waals surface area contributed by atoms with E-state index in [1.165, 1.54) is 5.69 Å². The summed E-state index contributed by atoms with van der Waals surface area (Å²) < 4.78 is 5.55. The molecule has 1 aromatic rings. The van der Waals surface area contributed by atoms with Crippen LogP contribution in [0.2, 0.25) is 0 Å². The third-order valence-electron chi connectivity index (χ3n) is 2.32. The fraction of sp³-hybridized carbons (Fsp3) is 0.538. The third-order valence-corrected chi connectivity index (χ3v) is 2.32. The number of rotatable bonds is 6. The van der Waals surface area contributed by atoms with Gasteiger partial charge in [0.15, 0.2) is 0 Å². The van der Waals surface area contributed by atoms with Crippen LogP contribution in [0.5, 0.6) is 0 Å². The second-order valence-corrected chi connectivity index (χ2v) is 3.83. The molecule has 0 heterocycles. The lowest BCUT2D eigenvalue weighted by Crippen LogP contribution is -2.27. The highest BCUT2D eigenvalue weighted by molar-refractivity contribution is 5.45. The molecule has 2 nitrogen and oxygen atoms in total. The molecular weight excluding hydrogens is 186 g/mol. The van der Waals surface area contributed by atoms with E-state index in [-0.39, 0.29) is 0 Å². The predicted octanol–water partition coefficient (Wildman–Crippen LogP) is 2.94. The first-order valence-electron chi connectivity index (χ1n) is 5.65. The van der Waals surface area contributed by atoms with Gasteiger partial charge in [0, 0.05) is 18.8 Å². The number of nitrogens with zero attached hydrogens (tertiary/aromatic N) is 1. The van der Waals surface area contributed by atoms with Gasteiger partial charge in [-0.2, -0.15) is 0 Å². The van der Waals surface area contributed by atoms with E-state index in [1.54, 1.807) is 0 Å². The van der Waals surface area contributed by atoms with Crippen LogP contribution in [0.1, 0.15) is 20.8 Å². The van der Waals surface area contributed by atoms with Crippen molar-refractivity contribution in [1.82, 2.24) is 0 Å². The Bertz CT molecular complexity index is 258. The molecule has 0 saturated carbocycles. The molecule has 0 atom stereocenters.